The van der Waals surface area contributed by atoms with Crippen LogP contribution in [-0.4, -0.2) is 26.8 Å². The van der Waals surface area contributed by atoms with Gasteiger partial charge >= 0.3 is 0 Å². The van der Waals surface area contributed by atoms with Crippen LogP contribution in [0, 0.1) is 6.92 Å². The normalized spacial score (nSPS) is 10.3. The number of carbonyl (C=O) groups excluding carboxylic acids is 1. The van der Waals surface area contributed by atoms with Crippen LogP contribution in [0.3, 0.4) is 0 Å². The summed E-state index contributed by atoms with van der Waals surface area (Å²) in [7, 11) is 0. The first-order valence-electron chi connectivity index (χ1n) is 5.67. The summed E-state index contributed by atoms with van der Waals surface area (Å²) in [6.07, 6.45) is 0. The highest BCUT2D eigenvalue weighted by Gasteiger charge is 2.08. The number of aryl methyl sites for hydroxylation is 1. The van der Waals surface area contributed by atoms with Gasteiger partial charge in [0.1, 0.15) is 5.69 Å². The van der Waals surface area contributed by atoms with E-state index in [1.165, 1.54) is 0 Å². The molecule has 0 saturated heterocycles. The van der Waals surface area contributed by atoms with Crippen LogP contribution in [0.4, 0.5) is 5.69 Å². The number of benzene rings is 1. The Kier molecular flexibility index (Phi) is 4.75. The maximum absolute atomic E-state index is 11.8. The minimum atomic E-state index is -0.311. The second-order valence-corrected chi connectivity index (χ2v) is 5.23. The fourth-order valence-corrected chi connectivity index (χ4v) is 2.11. The van der Waals surface area contributed by atoms with E-state index in [2.05, 4.69) is 20.5 Å². The minimum Gasteiger partial charge on any atom is -0.324 e. The molecule has 2 rings (SSSR count). The summed E-state index contributed by atoms with van der Waals surface area (Å²) in [5, 5.41) is 10.9. The number of thioether (sulfide) groups is 1. The second kappa shape index (κ2) is 6.53. The summed E-state index contributed by atoms with van der Waals surface area (Å²) in [4.78, 5) is 25.6. The molecule has 1 aromatic carbocycles. The van der Waals surface area contributed by atoms with Crippen LogP contribution >= 0.6 is 23.4 Å². The van der Waals surface area contributed by atoms with E-state index in [-0.39, 0.29) is 22.9 Å². The van der Waals surface area contributed by atoms with Crippen LogP contribution in [0.2, 0.25) is 5.02 Å². The zero-order valence-corrected chi connectivity index (χ0v) is 12.1. The Balaban J connectivity index is 1.94. The molecule has 8 heteroatoms. The molecule has 0 aliphatic carbocycles. The number of hydrogen-bond acceptors (Lipinski definition) is 5. The summed E-state index contributed by atoms with van der Waals surface area (Å²) in [5.41, 5.74) is 0.520. The largest absolute Gasteiger partial charge is 0.324 e. The van der Waals surface area contributed by atoms with Crippen molar-refractivity contribution >= 4 is 35.0 Å². The predicted octanol–water partition coefficient (Wildman–Crippen LogP) is 1.86. The first-order chi connectivity index (χ1) is 9.56. The van der Waals surface area contributed by atoms with Crippen molar-refractivity contribution < 1.29 is 4.79 Å². The minimum absolute atomic E-state index is 0.0961. The van der Waals surface area contributed by atoms with Crippen LogP contribution < -0.4 is 10.9 Å². The molecule has 0 radical (unpaired) electrons. The Bertz CT molecular complexity index is 689. The fraction of sp³-hybridized carbons (Fsp3) is 0.167. The number of amides is 1. The van der Waals surface area contributed by atoms with E-state index in [0.717, 1.165) is 11.8 Å². The number of rotatable bonds is 4. The molecule has 104 valence electrons. The molecule has 1 heterocycles. The summed E-state index contributed by atoms with van der Waals surface area (Å²) in [6, 6.07) is 6.95. The van der Waals surface area contributed by atoms with Gasteiger partial charge in [-0.3, -0.25) is 14.6 Å². The number of aromatic nitrogens is 3. The van der Waals surface area contributed by atoms with Crippen molar-refractivity contribution in [3.8, 4) is 0 Å². The fourth-order valence-electron chi connectivity index (χ4n) is 1.33. The van der Waals surface area contributed by atoms with Crippen LogP contribution in [0.25, 0.3) is 0 Å². The molecule has 2 N–H and O–H groups in total. The molecule has 0 aliphatic rings. The summed E-state index contributed by atoms with van der Waals surface area (Å²) in [5.74, 6) is -0.148. The molecule has 20 heavy (non-hydrogen) atoms. The lowest BCUT2D eigenvalue weighted by Gasteiger charge is -2.06. The standard InChI is InChI=1S/C12H11ClN4O2S/c1-7-11(19)15-12(17-16-7)20-6-10(18)14-9-5-3-2-4-8(9)13/h2-5H,6H2,1H3,(H,14,18)(H,15,17,19). The van der Waals surface area contributed by atoms with E-state index in [9.17, 15) is 9.59 Å². The lowest BCUT2D eigenvalue weighted by molar-refractivity contribution is -0.113. The average molecular weight is 311 g/mol. The number of para-hydroxylation sites is 1. The maximum Gasteiger partial charge on any atom is 0.273 e. The number of aromatic amines is 1. The zero-order valence-electron chi connectivity index (χ0n) is 10.5. The lowest BCUT2D eigenvalue weighted by Crippen LogP contribution is -2.17. The maximum atomic E-state index is 11.8. The van der Waals surface area contributed by atoms with Gasteiger partial charge < -0.3 is 5.32 Å². The predicted molar refractivity (Wildman–Crippen MR) is 78.2 cm³/mol. The summed E-state index contributed by atoms with van der Waals surface area (Å²) in [6.45, 7) is 1.56. The molecule has 0 aliphatic heterocycles. The van der Waals surface area contributed by atoms with Gasteiger partial charge in [0.05, 0.1) is 16.5 Å². The number of anilines is 1. The molecule has 1 amide bonds. The second-order valence-electron chi connectivity index (χ2n) is 3.86. The number of hydrogen-bond donors (Lipinski definition) is 2. The molecule has 0 atom stereocenters. The van der Waals surface area contributed by atoms with Crippen LogP contribution in [-0.2, 0) is 4.79 Å². The van der Waals surface area contributed by atoms with Crippen molar-refractivity contribution in [3.05, 3.63) is 45.3 Å². The first-order valence-corrected chi connectivity index (χ1v) is 7.03. The van der Waals surface area contributed by atoms with Gasteiger partial charge in [-0.25, -0.2) is 0 Å². The number of nitrogens with zero attached hydrogens (tertiary/aromatic N) is 2. The van der Waals surface area contributed by atoms with Crippen molar-refractivity contribution in [1.29, 1.82) is 0 Å². The molecule has 2 aromatic rings. The van der Waals surface area contributed by atoms with E-state index < -0.39 is 0 Å². The van der Waals surface area contributed by atoms with E-state index in [0.29, 0.717) is 15.9 Å². The monoisotopic (exact) mass is 310 g/mol. The highest BCUT2D eigenvalue weighted by atomic mass is 35.5. The Labute approximate surface area is 124 Å². The zero-order chi connectivity index (χ0) is 14.5. The van der Waals surface area contributed by atoms with E-state index in [4.69, 9.17) is 11.6 Å². The van der Waals surface area contributed by atoms with E-state index in [1.54, 1.807) is 31.2 Å². The van der Waals surface area contributed by atoms with Gasteiger partial charge in [-0.05, 0) is 19.1 Å². The van der Waals surface area contributed by atoms with Gasteiger partial charge in [0.2, 0.25) is 5.91 Å². The highest BCUT2D eigenvalue weighted by Crippen LogP contribution is 2.21. The third-order valence-corrected chi connectivity index (χ3v) is 3.52. The molecule has 0 fully saturated rings. The van der Waals surface area contributed by atoms with Crippen molar-refractivity contribution in [2.24, 2.45) is 0 Å². The van der Waals surface area contributed by atoms with Gasteiger partial charge in [-0.15, -0.1) is 10.2 Å². The Morgan fingerprint density at radius 3 is 2.85 bits per heavy atom. The van der Waals surface area contributed by atoms with Crippen molar-refractivity contribution in [3.63, 3.8) is 0 Å². The van der Waals surface area contributed by atoms with Crippen LogP contribution in [0.15, 0.2) is 34.2 Å². The summed E-state index contributed by atoms with van der Waals surface area (Å²) >= 11 is 7.02. The molecule has 0 unspecified atom stereocenters. The molecule has 6 nitrogen and oxygen atoms in total. The van der Waals surface area contributed by atoms with Crippen LogP contribution in [0.5, 0.6) is 0 Å². The van der Waals surface area contributed by atoms with Gasteiger partial charge in [0, 0.05) is 0 Å². The Morgan fingerprint density at radius 2 is 2.15 bits per heavy atom. The lowest BCUT2D eigenvalue weighted by atomic mass is 10.3. The Hall–Kier alpha value is -1.86. The van der Waals surface area contributed by atoms with Crippen molar-refractivity contribution in [1.82, 2.24) is 15.2 Å². The first kappa shape index (κ1) is 14.5. The van der Waals surface area contributed by atoms with Gasteiger partial charge in [-0.2, -0.15) is 0 Å². The third-order valence-electron chi connectivity index (χ3n) is 2.33. The molecular weight excluding hydrogens is 300 g/mol. The molecule has 0 bridgehead atoms. The molecule has 0 spiro atoms. The number of halogens is 1. The number of carbonyl (C=O) groups is 1. The SMILES string of the molecule is Cc1nnc(SCC(=O)Nc2ccccc2Cl)[nH]c1=O. The van der Waals surface area contributed by atoms with Gasteiger partial charge in [-0.1, -0.05) is 35.5 Å². The average Bonchev–Trinajstić information content (AvgIpc) is 2.43. The third kappa shape index (κ3) is 3.82. The van der Waals surface area contributed by atoms with Crippen LogP contribution in [0.1, 0.15) is 5.69 Å². The highest BCUT2D eigenvalue weighted by molar-refractivity contribution is 7.99. The smallest absolute Gasteiger partial charge is 0.273 e. The molecular formula is C12H11ClN4O2S. The number of nitrogens with one attached hydrogen (secondary N) is 2. The quantitative estimate of drug-likeness (QED) is 0.842. The van der Waals surface area contributed by atoms with Gasteiger partial charge in [0.15, 0.2) is 5.16 Å². The van der Waals surface area contributed by atoms with E-state index >= 15 is 0 Å². The molecule has 0 saturated carbocycles. The van der Waals surface area contributed by atoms with E-state index in [1.807, 2.05) is 0 Å². The Morgan fingerprint density at radius 1 is 1.40 bits per heavy atom. The molecule has 1 aromatic heterocycles. The topological polar surface area (TPSA) is 87.7 Å². The van der Waals surface area contributed by atoms with Gasteiger partial charge in [0.25, 0.3) is 5.56 Å². The van der Waals surface area contributed by atoms with Crippen molar-refractivity contribution in [2.45, 2.75) is 12.1 Å². The number of H-pyrrole nitrogens is 1. The van der Waals surface area contributed by atoms with Crippen molar-refractivity contribution in [2.75, 3.05) is 11.1 Å². The summed E-state index contributed by atoms with van der Waals surface area (Å²) < 4.78 is 0.